The van der Waals surface area contributed by atoms with Crippen LogP contribution in [-0.2, 0) is 6.54 Å². The lowest BCUT2D eigenvalue weighted by molar-refractivity contribution is 0.474. The van der Waals surface area contributed by atoms with Gasteiger partial charge in [-0.15, -0.1) is 0 Å². The van der Waals surface area contributed by atoms with Crippen molar-refractivity contribution in [2.24, 2.45) is 5.73 Å². The van der Waals surface area contributed by atoms with E-state index in [1.54, 1.807) is 0 Å². The van der Waals surface area contributed by atoms with Gasteiger partial charge in [0.2, 0.25) is 0 Å². The molecule has 0 radical (unpaired) electrons. The van der Waals surface area contributed by atoms with Crippen molar-refractivity contribution in [3.8, 4) is 11.3 Å². The fraction of sp³-hybridized carbons (Fsp3) is 0.278. The zero-order valence-electron chi connectivity index (χ0n) is 12.8. The number of rotatable bonds is 6. The Labute approximate surface area is 130 Å². The summed E-state index contributed by atoms with van der Waals surface area (Å²) < 4.78 is 7.87. The molecule has 0 bridgehead atoms. The second-order valence-corrected chi connectivity index (χ2v) is 5.59. The molecule has 4 nitrogen and oxygen atoms in total. The topological polar surface area (TPSA) is 57.0 Å². The minimum Gasteiger partial charge on any atom is -0.461 e. The SMILES string of the molecule is CC(CCN)c1ccc(-c2cnn(Cc3ccccc3)c2)o1. The van der Waals surface area contributed by atoms with Gasteiger partial charge in [0.05, 0.1) is 18.3 Å². The quantitative estimate of drug-likeness (QED) is 0.755. The van der Waals surface area contributed by atoms with Crippen LogP contribution in [-0.4, -0.2) is 16.3 Å². The third kappa shape index (κ3) is 3.28. The average Bonchev–Trinajstić information content (AvgIpc) is 3.17. The van der Waals surface area contributed by atoms with E-state index in [1.807, 2.05) is 47.4 Å². The summed E-state index contributed by atoms with van der Waals surface area (Å²) in [5.74, 6) is 2.19. The summed E-state index contributed by atoms with van der Waals surface area (Å²) >= 11 is 0. The number of nitrogens with zero attached hydrogens (tertiary/aromatic N) is 2. The summed E-state index contributed by atoms with van der Waals surface area (Å²) in [4.78, 5) is 0. The van der Waals surface area contributed by atoms with Crippen molar-refractivity contribution in [3.63, 3.8) is 0 Å². The lowest BCUT2D eigenvalue weighted by Crippen LogP contribution is -2.03. The van der Waals surface area contributed by atoms with E-state index < -0.39 is 0 Å². The monoisotopic (exact) mass is 295 g/mol. The Morgan fingerprint density at radius 2 is 2.00 bits per heavy atom. The molecule has 0 spiro atoms. The summed E-state index contributed by atoms with van der Waals surface area (Å²) in [5, 5.41) is 4.41. The van der Waals surface area contributed by atoms with Crippen LogP contribution in [0.3, 0.4) is 0 Å². The summed E-state index contributed by atoms with van der Waals surface area (Å²) in [7, 11) is 0. The molecule has 1 aromatic carbocycles. The first-order valence-electron chi connectivity index (χ1n) is 7.63. The van der Waals surface area contributed by atoms with Crippen LogP contribution in [0.4, 0.5) is 0 Å². The molecular weight excluding hydrogens is 274 g/mol. The molecule has 0 aliphatic rings. The van der Waals surface area contributed by atoms with Crippen LogP contribution in [0.1, 0.15) is 30.6 Å². The maximum absolute atomic E-state index is 5.94. The molecule has 2 aromatic heterocycles. The van der Waals surface area contributed by atoms with Crippen LogP contribution in [0.25, 0.3) is 11.3 Å². The van der Waals surface area contributed by atoms with Crippen LogP contribution in [0, 0.1) is 0 Å². The summed E-state index contributed by atoms with van der Waals surface area (Å²) in [6, 6.07) is 14.3. The van der Waals surface area contributed by atoms with Gasteiger partial charge in [0.15, 0.2) is 0 Å². The highest BCUT2D eigenvalue weighted by atomic mass is 16.3. The van der Waals surface area contributed by atoms with E-state index in [1.165, 1.54) is 5.56 Å². The predicted octanol–water partition coefficient (Wildman–Crippen LogP) is 3.64. The number of nitrogens with two attached hydrogens (primary N) is 1. The van der Waals surface area contributed by atoms with Gasteiger partial charge in [-0.3, -0.25) is 4.68 Å². The minimum absolute atomic E-state index is 0.345. The Hall–Kier alpha value is -2.33. The number of hydrogen-bond donors (Lipinski definition) is 1. The first-order chi connectivity index (χ1) is 10.8. The van der Waals surface area contributed by atoms with Gasteiger partial charge in [-0.25, -0.2) is 0 Å². The van der Waals surface area contributed by atoms with Gasteiger partial charge in [-0.2, -0.15) is 5.10 Å². The standard InChI is InChI=1S/C18H21N3O/c1-14(9-10-19)17-7-8-18(22-17)16-11-20-21(13-16)12-15-5-3-2-4-6-15/h2-8,11,13-14H,9-10,12,19H2,1H3. The van der Waals surface area contributed by atoms with Gasteiger partial charge in [0.25, 0.3) is 0 Å². The number of hydrogen-bond acceptors (Lipinski definition) is 3. The lowest BCUT2D eigenvalue weighted by atomic mass is 10.1. The van der Waals surface area contributed by atoms with Gasteiger partial charge in [0, 0.05) is 12.1 Å². The zero-order chi connectivity index (χ0) is 15.4. The van der Waals surface area contributed by atoms with Gasteiger partial charge in [-0.1, -0.05) is 37.3 Å². The second-order valence-electron chi connectivity index (χ2n) is 5.59. The predicted molar refractivity (Wildman–Crippen MR) is 87.6 cm³/mol. The lowest BCUT2D eigenvalue weighted by Gasteiger charge is -2.05. The molecule has 1 atom stereocenters. The number of furan rings is 1. The summed E-state index contributed by atoms with van der Waals surface area (Å²) in [6.45, 7) is 3.57. The third-order valence-electron chi connectivity index (χ3n) is 3.82. The Kier molecular flexibility index (Phi) is 4.39. The molecule has 0 fully saturated rings. The minimum atomic E-state index is 0.345. The molecular formula is C18H21N3O. The maximum Gasteiger partial charge on any atom is 0.137 e. The molecule has 4 heteroatoms. The Bertz CT molecular complexity index is 715. The van der Waals surface area contributed by atoms with Crippen molar-refractivity contribution in [1.82, 2.24) is 9.78 Å². The van der Waals surface area contributed by atoms with Crippen LogP contribution >= 0.6 is 0 Å². The van der Waals surface area contributed by atoms with E-state index in [2.05, 4.69) is 24.2 Å². The van der Waals surface area contributed by atoms with Crippen LogP contribution in [0.15, 0.2) is 59.3 Å². The molecule has 114 valence electrons. The number of benzene rings is 1. The van der Waals surface area contributed by atoms with E-state index in [9.17, 15) is 0 Å². The van der Waals surface area contributed by atoms with Crippen molar-refractivity contribution in [1.29, 1.82) is 0 Å². The smallest absolute Gasteiger partial charge is 0.137 e. The van der Waals surface area contributed by atoms with Crippen molar-refractivity contribution >= 4 is 0 Å². The van der Waals surface area contributed by atoms with Gasteiger partial charge in [0.1, 0.15) is 11.5 Å². The first-order valence-corrected chi connectivity index (χ1v) is 7.63. The molecule has 0 saturated carbocycles. The zero-order valence-corrected chi connectivity index (χ0v) is 12.8. The molecule has 0 amide bonds. The molecule has 3 aromatic rings. The highest BCUT2D eigenvalue weighted by molar-refractivity contribution is 5.55. The van der Waals surface area contributed by atoms with Crippen molar-refractivity contribution in [2.75, 3.05) is 6.54 Å². The highest BCUT2D eigenvalue weighted by Crippen LogP contribution is 2.27. The normalized spacial score (nSPS) is 12.5. The maximum atomic E-state index is 5.94. The Balaban J connectivity index is 1.74. The van der Waals surface area contributed by atoms with Crippen LogP contribution in [0.5, 0.6) is 0 Å². The fourth-order valence-electron chi connectivity index (χ4n) is 2.51. The molecule has 2 heterocycles. The van der Waals surface area contributed by atoms with E-state index in [-0.39, 0.29) is 0 Å². The molecule has 2 N–H and O–H groups in total. The van der Waals surface area contributed by atoms with Crippen LogP contribution < -0.4 is 5.73 Å². The Morgan fingerprint density at radius 1 is 1.18 bits per heavy atom. The second kappa shape index (κ2) is 6.62. The molecule has 22 heavy (non-hydrogen) atoms. The number of aromatic nitrogens is 2. The van der Waals surface area contributed by atoms with Gasteiger partial charge in [-0.05, 0) is 30.7 Å². The van der Waals surface area contributed by atoms with E-state index >= 15 is 0 Å². The molecule has 0 aliphatic carbocycles. The van der Waals surface area contributed by atoms with E-state index in [4.69, 9.17) is 10.2 Å². The molecule has 3 rings (SSSR count). The van der Waals surface area contributed by atoms with Crippen molar-refractivity contribution < 1.29 is 4.42 Å². The summed E-state index contributed by atoms with van der Waals surface area (Å²) in [5.41, 5.74) is 7.84. The molecule has 0 saturated heterocycles. The largest absolute Gasteiger partial charge is 0.461 e. The third-order valence-corrected chi connectivity index (χ3v) is 3.82. The Morgan fingerprint density at radius 3 is 2.77 bits per heavy atom. The molecule has 1 unspecified atom stereocenters. The van der Waals surface area contributed by atoms with E-state index in [0.29, 0.717) is 12.5 Å². The van der Waals surface area contributed by atoms with Crippen molar-refractivity contribution in [2.45, 2.75) is 25.8 Å². The summed E-state index contributed by atoms with van der Waals surface area (Å²) in [6.07, 6.45) is 4.79. The highest BCUT2D eigenvalue weighted by Gasteiger charge is 2.12. The van der Waals surface area contributed by atoms with Crippen molar-refractivity contribution in [3.05, 3.63) is 66.2 Å². The van der Waals surface area contributed by atoms with E-state index in [0.717, 1.165) is 30.0 Å². The van der Waals surface area contributed by atoms with Crippen LogP contribution in [0.2, 0.25) is 0 Å². The molecule has 0 aliphatic heterocycles. The average molecular weight is 295 g/mol. The van der Waals surface area contributed by atoms with Gasteiger partial charge < -0.3 is 10.2 Å². The fourth-order valence-corrected chi connectivity index (χ4v) is 2.51. The first kappa shape index (κ1) is 14.6. The van der Waals surface area contributed by atoms with Gasteiger partial charge >= 0.3 is 0 Å².